The summed E-state index contributed by atoms with van der Waals surface area (Å²) < 4.78 is 0. The summed E-state index contributed by atoms with van der Waals surface area (Å²) in [4.78, 5) is 14.4. The van der Waals surface area contributed by atoms with Gasteiger partial charge in [-0.15, -0.1) is 0 Å². The highest BCUT2D eigenvalue weighted by Gasteiger charge is 2.24. The van der Waals surface area contributed by atoms with Gasteiger partial charge < -0.3 is 15.6 Å². The number of carbonyl (C=O) groups is 1. The maximum Gasteiger partial charge on any atom is 0.251 e. The zero-order chi connectivity index (χ0) is 13.8. The Hall–Kier alpha value is -1.59. The summed E-state index contributed by atoms with van der Waals surface area (Å²) in [6.07, 6.45) is 2.01. The molecule has 1 heterocycles. The van der Waals surface area contributed by atoms with Gasteiger partial charge in [0, 0.05) is 29.9 Å². The smallest absolute Gasteiger partial charge is 0.251 e. The van der Waals surface area contributed by atoms with Gasteiger partial charge in [0.25, 0.3) is 5.91 Å². The molecule has 0 aliphatic carbocycles. The largest absolute Gasteiger partial charge is 0.349 e. The van der Waals surface area contributed by atoms with Gasteiger partial charge in [0.1, 0.15) is 0 Å². The maximum absolute atomic E-state index is 12.1. The molecule has 0 bridgehead atoms. The summed E-state index contributed by atoms with van der Waals surface area (Å²) in [5.41, 5.74) is 4.02. The summed E-state index contributed by atoms with van der Waals surface area (Å²) in [5.74, 6) is 5.29. The third-order valence-corrected chi connectivity index (χ3v) is 3.86. The van der Waals surface area contributed by atoms with Crippen LogP contribution in [0.4, 0.5) is 5.69 Å². The molecule has 19 heavy (non-hydrogen) atoms. The number of benzene rings is 1. The molecule has 1 aromatic rings. The Balaban J connectivity index is 1.93. The van der Waals surface area contributed by atoms with Crippen molar-refractivity contribution in [2.45, 2.75) is 31.8 Å². The standard InChI is InChI=1S/C14H22N4O/c1-10-9-13(7-8-18(10)2)16-14(19)11-3-5-12(17-15)6-4-11/h3-6,10,13,17H,7-9,15H2,1-2H3,(H,16,19). The van der Waals surface area contributed by atoms with Crippen LogP contribution in [0.1, 0.15) is 30.1 Å². The van der Waals surface area contributed by atoms with Gasteiger partial charge in [-0.3, -0.25) is 10.6 Å². The van der Waals surface area contributed by atoms with Gasteiger partial charge in [-0.05, 0) is 51.1 Å². The fourth-order valence-corrected chi connectivity index (χ4v) is 2.41. The van der Waals surface area contributed by atoms with Gasteiger partial charge in [-0.2, -0.15) is 0 Å². The van der Waals surface area contributed by atoms with Crippen molar-refractivity contribution in [3.63, 3.8) is 0 Å². The van der Waals surface area contributed by atoms with E-state index in [2.05, 4.69) is 29.6 Å². The SMILES string of the molecule is CC1CC(NC(=O)c2ccc(NN)cc2)CCN1C. The highest BCUT2D eigenvalue weighted by Crippen LogP contribution is 2.16. The van der Waals surface area contributed by atoms with E-state index in [4.69, 9.17) is 5.84 Å². The average Bonchev–Trinajstić information content (AvgIpc) is 2.43. The Morgan fingerprint density at radius 1 is 1.37 bits per heavy atom. The molecule has 0 spiro atoms. The van der Waals surface area contributed by atoms with Crippen molar-refractivity contribution in [1.29, 1.82) is 0 Å². The van der Waals surface area contributed by atoms with Gasteiger partial charge in [0.2, 0.25) is 0 Å². The van der Waals surface area contributed by atoms with Crippen molar-refractivity contribution in [3.8, 4) is 0 Å². The van der Waals surface area contributed by atoms with Crippen molar-refractivity contribution >= 4 is 11.6 Å². The number of nitrogens with one attached hydrogen (secondary N) is 2. The summed E-state index contributed by atoms with van der Waals surface area (Å²) in [6.45, 7) is 3.22. The normalized spacial score (nSPS) is 23.9. The maximum atomic E-state index is 12.1. The first kappa shape index (κ1) is 13.8. The number of anilines is 1. The van der Waals surface area contributed by atoms with E-state index in [-0.39, 0.29) is 11.9 Å². The molecule has 2 unspecified atom stereocenters. The second-order valence-electron chi connectivity index (χ2n) is 5.25. The topological polar surface area (TPSA) is 70.4 Å². The summed E-state index contributed by atoms with van der Waals surface area (Å²) in [6, 6.07) is 7.94. The van der Waals surface area contributed by atoms with Crippen molar-refractivity contribution in [3.05, 3.63) is 29.8 Å². The number of nitrogen functional groups attached to an aromatic ring is 1. The number of rotatable bonds is 3. The zero-order valence-electron chi connectivity index (χ0n) is 11.5. The van der Waals surface area contributed by atoms with Crippen LogP contribution < -0.4 is 16.6 Å². The highest BCUT2D eigenvalue weighted by molar-refractivity contribution is 5.94. The first-order valence-corrected chi connectivity index (χ1v) is 6.68. The van der Waals surface area contributed by atoms with Crippen LogP contribution in [-0.4, -0.2) is 36.5 Å². The molecule has 1 fully saturated rings. The quantitative estimate of drug-likeness (QED) is 0.565. The Labute approximate surface area is 114 Å². The number of piperidine rings is 1. The number of hydrogen-bond donors (Lipinski definition) is 3. The zero-order valence-corrected chi connectivity index (χ0v) is 11.5. The molecule has 0 saturated carbocycles. The number of nitrogens with two attached hydrogens (primary N) is 1. The van der Waals surface area contributed by atoms with Crippen LogP contribution >= 0.6 is 0 Å². The van der Waals surface area contributed by atoms with Gasteiger partial charge in [0.05, 0.1) is 0 Å². The highest BCUT2D eigenvalue weighted by atomic mass is 16.1. The molecule has 1 saturated heterocycles. The van der Waals surface area contributed by atoms with Crippen LogP contribution in [0.2, 0.25) is 0 Å². The Morgan fingerprint density at radius 3 is 2.63 bits per heavy atom. The van der Waals surface area contributed by atoms with E-state index in [1.165, 1.54) is 0 Å². The molecule has 2 atom stereocenters. The minimum atomic E-state index is -0.00896. The van der Waals surface area contributed by atoms with Crippen molar-refractivity contribution in [1.82, 2.24) is 10.2 Å². The molecule has 104 valence electrons. The lowest BCUT2D eigenvalue weighted by molar-refractivity contribution is 0.0896. The number of hydrazine groups is 1. The molecule has 0 radical (unpaired) electrons. The van der Waals surface area contributed by atoms with Crippen molar-refractivity contribution in [2.75, 3.05) is 19.0 Å². The first-order chi connectivity index (χ1) is 9.10. The van der Waals surface area contributed by atoms with E-state index in [0.717, 1.165) is 25.1 Å². The molecule has 1 amide bonds. The molecule has 5 heteroatoms. The molecule has 1 aliphatic rings. The molecule has 1 aliphatic heterocycles. The predicted molar refractivity (Wildman–Crippen MR) is 76.8 cm³/mol. The average molecular weight is 262 g/mol. The number of nitrogens with zero attached hydrogens (tertiary/aromatic N) is 1. The third-order valence-electron chi connectivity index (χ3n) is 3.86. The fourth-order valence-electron chi connectivity index (χ4n) is 2.41. The molecule has 2 rings (SSSR count). The Kier molecular flexibility index (Phi) is 4.39. The van der Waals surface area contributed by atoms with Crippen LogP contribution in [0, 0.1) is 0 Å². The van der Waals surface area contributed by atoms with Crippen LogP contribution in [0.25, 0.3) is 0 Å². The summed E-state index contributed by atoms with van der Waals surface area (Å²) in [5, 5.41) is 3.11. The van der Waals surface area contributed by atoms with Crippen LogP contribution in [-0.2, 0) is 0 Å². The second-order valence-corrected chi connectivity index (χ2v) is 5.25. The molecule has 0 aromatic heterocycles. The molecule has 5 nitrogen and oxygen atoms in total. The van der Waals surface area contributed by atoms with E-state index in [1.54, 1.807) is 24.3 Å². The molecule has 1 aromatic carbocycles. The lowest BCUT2D eigenvalue weighted by atomic mass is 9.98. The number of amides is 1. The summed E-state index contributed by atoms with van der Waals surface area (Å²) >= 11 is 0. The van der Waals surface area contributed by atoms with E-state index < -0.39 is 0 Å². The third kappa shape index (κ3) is 3.45. The van der Waals surface area contributed by atoms with Crippen molar-refractivity contribution in [2.24, 2.45) is 5.84 Å². The molecular weight excluding hydrogens is 240 g/mol. The number of carbonyl (C=O) groups excluding carboxylic acids is 1. The van der Waals surface area contributed by atoms with E-state index >= 15 is 0 Å². The first-order valence-electron chi connectivity index (χ1n) is 6.68. The van der Waals surface area contributed by atoms with Gasteiger partial charge >= 0.3 is 0 Å². The number of hydrogen-bond acceptors (Lipinski definition) is 4. The monoisotopic (exact) mass is 262 g/mol. The number of likely N-dealkylation sites (tertiary alicyclic amines) is 1. The fraction of sp³-hybridized carbons (Fsp3) is 0.500. The van der Waals surface area contributed by atoms with E-state index in [1.807, 2.05) is 0 Å². The van der Waals surface area contributed by atoms with Crippen molar-refractivity contribution < 1.29 is 4.79 Å². The predicted octanol–water partition coefficient (Wildman–Crippen LogP) is 1.18. The van der Waals surface area contributed by atoms with Crippen LogP contribution in [0.5, 0.6) is 0 Å². The lowest BCUT2D eigenvalue weighted by Crippen LogP contribution is -2.47. The molecule has 4 N–H and O–H groups in total. The molecular formula is C14H22N4O. The minimum absolute atomic E-state index is 0.00896. The minimum Gasteiger partial charge on any atom is -0.349 e. The van der Waals surface area contributed by atoms with Gasteiger partial charge in [0.15, 0.2) is 0 Å². The van der Waals surface area contributed by atoms with Crippen LogP contribution in [0.15, 0.2) is 24.3 Å². The van der Waals surface area contributed by atoms with Crippen LogP contribution in [0.3, 0.4) is 0 Å². The Bertz CT molecular complexity index is 432. The van der Waals surface area contributed by atoms with Gasteiger partial charge in [-0.25, -0.2) is 0 Å². The Morgan fingerprint density at radius 2 is 2.05 bits per heavy atom. The lowest BCUT2D eigenvalue weighted by Gasteiger charge is -2.35. The van der Waals surface area contributed by atoms with E-state index in [9.17, 15) is 4.79 Å². The van der Waals surface area contributed by atoms with E-state index in [0.29, 0.717) is 11.6 Å². The second kappa shape index (κ2) is 6.04. The summed E-state index contributed by atoms with van der Waals surface area (Å²) in [7, 11) is 2.13. The van der Waals surface area contributed by atoms with Gasteiger partial charge in [-0.1, -0.05) is 0 Å².